The lowest BCUT2D eigenvalue weighted by atomic mass is 10.2. The van der Waals surface area contributed by atoms with Crippen molar-refractivity contribution in [3.05, 3.63) is 47.7 Å². The second-order valence-electron chi connectivity index (χ2n) is 5.58. The minimum absolute atomic E-state index is 0.139. The van der Waals surface area contributed by atoms with Gasteiger partial charge >= 0.3 is 0 Å². The molecule has 0 radical (unpaired) electrons. The maximum absolute atomic E-state index is 12.6. The van der Waals surface area contributed by atoms with Gasteiger partial charge in [-0.05, 0) is 31.2 Å². The molecule has 3 rings (SSSR count). The van der Waals surface area contributed by atoms with Crippen molar-refractivity contribution in [1.82, 2.24) is 14.9 Å². The van der Waals surface area contributed by atoms with Crippen molar-refractivity contribution in [3.63, 3.8) is 0 Å². The zero-order chi connectivity index (χ0) is 16.9. The average molecular weight is 363 g/mol. The van der Waals surface area contributed by atoms with Crippen molar-refractivity contribution in [2.24, 2.45) is 0 Å². The molecule has 5 nitrogen and oxygen atoms in total. The molecular formula is C17H19ClN4OS. The topological polar surface area (TPSA) is 49.3 Å². The van der Waals surface area contributed by atoms with Crippen LogP contribution in [0.3, 0.4) is 0 Å². The maximum Gasteiger partial charge on any atom is 0.235 e. The smallest absolute Gasteiger partial charge is 0.235 e. The fraction of sp³-hybridized carbons (Fsp3) is 0.353. The van der Waals surface area contributed by atoms with Crippen LogP contribution in [0.15, 0.2) is 47.8 Å². The molecule has 0 spiro atoms. The Bertz CT molecular complexity index is 675. The number of carbonyl (C=O) groups excluding carboxylic acids is 1. The number of thioether (sulfide) groups is 1. The zero-order valence-electron chi connectivity index (χ0n) is 13.4. The Labute approximate surface area is 151 Å². The largest absolute Gasteiger partial charge is 0.353 e. The average Bonchev–Trinajstić information content (AvgIpc) is 2.63. The number of hydrogen-bond acceptors (Lipinski definition) is 5. The fourth-order valence-electron chi connectivity index (χ4n) is 2.62. The van der Waals surface area contributed by atoms with E-state index in [0.717, 1.165) is 23.9 Å². The van der Waals surface area contributed by atoms with Crippen LogP contribution in [0.1, 0.15) is 6.92 Å². The van der Waals surface area contributed by atoms with E-state index in [4.69, 9.17) is 11.6 Å². The summed E-state index contributed by atoms with van der Waals surface area (Å²) in [5, 5.41) is 1.37. The van der Waals surface area contributed by atoms with Crippen LogP contribution in [0.4, 0.5) is 5.82 Å². The van der Waals surface area contributed by atoms with Gasteiger partial charge in [-0.15, -0.1) is 0 Å². The summed E-state index contributed by atoms with van der Waals surface area (Å²) in [6.07, 6.45) is 3.40. The van der Waals surface area contributed by atoms with E-state index in [1.807, 2.05) is 42.2 Å². The van der Waals surface area contributed by atoms with E-state index in [1.165, 1.54) is 11.8 Å². The van der Waals surface area contributed by atoms with Crippen LogP contribution >= 0.6 is 23.4 Å². The second-order valence-corrected chi connectivity index (χ2v) is 7.37. The molecule has 7 heteroatoms. The Kier molecular flexibility index (Phi) is 5.58. The van der Waals surface area contributed by atoms with Gasteiger partial charge in [0.2, 0.25) is 5.91 Å². The first kappa shape index (κ1) is 17.0. The highest BCUT2D eigenvalue weighted by Crippen LogP contribution is 2.23. The number of carbonyl (C=O) groups is 1. The van der Waals surface area contributed by atoms with Gasteiger partial charge in [0.15, 0.2) is 0 Å². The molecule has 24 heavy (non-hydrogen) atoms. The van der Waals surface area contributed by atoms with E-state index in [-0.39, 0.29) is 11.2 Å². The van der Waals surface area contributed by atoms with E-state index in [9.17, 15) is 4.79 Å². The van der Waals surface area contributed by atoms with Crippen LogP contribution in [0.25, 0.3) is 0 Å². The first-order valence-electron chi connectivity index (χ1n) is 7.86. The molecule has 0 N–H and O–H groups in total. The third-order valence-electron chi connectivity index (χ3n) is 3.91. The SMILES string of the molecule is C[C@H](Sc1ccccn1)C(=O)N1CCN(c2ccc(Cl)cn2)CC1. The van der Waals surface area contributed by atoms with E-state index in [0.29, 0.717) is 18.1 Å². The molecule has 0 bridgehead atoms. The number of piperazine rings is 1. The van der Waals surface area contributed by atoms with Crippen molar-refractivity contribution >= 4 is 35.1 Å². The molecule has 126 valence electrons. The molecule has 0 aromatic carbocycles. The Morgan fingerprint density at radius 1 is 1.17 bits per heavy atom. The summed E-state index contributed by atoms with van der Waals surface area (Å²) in [5.74, 6) is 1.07. The van der Waals surface area contributed by atoms with E-state index >= 15 is 0 Å². The molecule has 1 fully saturated rings. The molecule has 2 aromatic heterocycles. The summed E-state index contributed by atoms with van der Waals surface area (Å²) in [4.78, 5) is 25.3. The van der Waals surface area contributed by atoms with Gasteiger partial charge in [0.05, 0.1) is 15.3 Å². The van der Waals surface area contributed by atoms with E-state index in [2.05, 4.69) is 14.9 Å². The van der Waals surface area contributed by atoms with Gasteiger partial charge < -0.3 is 9.80 Å². The van der Waals surface area contributed by atoms with Crippen molar-refractivity contribution in [2.45, 2.75) is 17.2 Å². The number of hydrogen-bond donors (Lipinski definition) is 0. The Hall–Kier alpha value is -1.79. The highest BCUT2D eigenvalue weighted by Gasteiger charge is 2.26. The van der Waals surface area contributed by atoms with Crippen LogP contribution in [-0.2, 0) is 4.79 Å². The van der Waals surface area contributed by atoms with Gasteiger partial charge in [0.1, 0.15) is 5.82 Å². The molecule has 0 aliphatic carbocycles. The van der Waals surface area contributed by atoms with Crippen LogP contribution in [-0.4, -0.2) is 52.2 Å². The standard InChI is InChI=1S/C17H19ClN4OS/c1-13(24-16-4-2-3-7-19-16)17(23)22-10-8-21(9-11-22)15-6-5-14(18)12-20-15/h2-7,12-13H,8-11H2,1H3/t13-/m0/s1. The predicted molar refractivity (Wildman–Crippen MR) is 97.6 cm³/mol. The van der Waals surface area contributed by atoms with Crippen molar-refractivity contribution in [3.8, 4) is 0 Å². The lowest BCUT2D eigenvalue weighted by Crippen LogP contribution is -2.50. The maximum atomic E-state index is 12.6. The summed E-state index contributed by atoms with van der Waals surface area (Å²) in [5.41, 5.74) is 0. The van der Waals surface area contributed by atoms with Gasteiger partial charge in [0.25, 0.3) is 0 Å². The molecule has 0 saturated carbocycles. The third kappa shape index (κ3) is 4.19. The van der Waals surface area contributed by atoms with Gasteiger partial charge in [0, 0.05) is 38.6 Å². The lowest BCUT2D eigenvalue weighted by Gasteiger charge is -2.36. The molecule has 1 amide bonds. The molecule has 0 unspecified atom stereocenters. The third-order valence-corrected chi connectivity index (χ3v) is 5.17. The number of halogens is 1. The second kappa shape index (κ2) is 7.85. The molecule has 3 heterocycles. The zero-order valence-corrected chi connectivity index (χ0v) is 15.0. The van der Waals surface area contributed by atoms with Crippen molar-refractivity contribution in [2.75, 3.05) is 31.1 Å². The predicted octanol–water partition coefficient (Wildman–Crippen LogP) is 2.96. The summed E-state index contributed by atoms with van der Waals surface area (Å²) < 4.78 is 0. The van der Waals surface area contributed by atoms with Crippen LogP contribution in [0.5, 0.6) is 0 Å². The Balaban J connectivity index is 1.54. The summed E-state index contributed by atoms with van der Waals surface area (Å²) >= 11 is 7.38. The number of rotatable bonds is 4. The number of aromatic nitrogens is 2. The van der Waals surface area contributed by atoms with Gasteiger partial charge in [-0.25, -0.2) is 9.97 Å². The van der Waals surface area contributed by atoms with Crippen LogP contribution in [0.2, 0.25) is 5.02 Å². The monoisotopic (exact) mass is 362 g/mol. The minimum Gasteiger partial charge on any atom is -0.353 e. The van der Waals surface area contributed by atoms with Gasteiger partial charge in [-0.3, -0.25) is 4.79 Å². The Morgan fingerprint density at radius 2 is 1.96 bits per heavy atom. The summed E-state index contributed by atoms with van der Waals surface area (Å²) in [7, 11) is 0. The summed E-state index contributed by atoms with van der Waals surface area (Å²) in [6, 6.07) is 9.50. The van der Waals surface area contributed by atoms with Crippen molar-refractivity contribution in [1.29, 1.82) is 0 Å². The molecule has 1 aliphatic rings. The van der Waals surface area contributed by atoms with Crippen LogP contribution in [0, 0.1) is 0 Å². The van der Waals surface area contributed by atoms with E-state index in [1.54, 1.807) is 12.4 Å². The molecule has 1 atom stereocenters. The quantitative estimate of drug-likeness (QED) is 0.782. The number of amides is 1. The van der Waals surface area contributed by atoms with Gasteiger partial charge in [-0.2, -0.15) is 0 Å². The van der Waals surface area contributed by atoms with Crippen LogP contribution < -0.4 is 4.90 Å². The Morgan fingerprint density at radius 3 is 2.58 bits per heavy atom. The first-order chi connectivity index (χ1) is 11.6. The lowest BCUT2D eigenvalue weighted by molar-refractivity contribution is -0.130. The highest BCUT2D eigenvalue weighted by molar-refractivity contribution is 8.00. The summed E-state index contributed by atoms with van der Waals surface area (Å²) in [6.45, 7) is 4.91. The fourth-order valence-corrected chi connectivity index (χ4v) is 3.62. The number of pyridine rings is 2. The first-order valence-corrected chi connectivity index (χ1v) is 9.12. The molecular weight excluding hydrogens is 344 g/mol. The molecule has 1 aliphatic heterocycles. The molecule has 2 aromatic rings. The minimum atomic E-state index is -0.139. The number of anilines is 1. The van der Waals surface area contributed by atoms with E-state index < -0.39 is 0 Å². The normalized spacial score (nSPS) is 16.1. The van der Waals surface area contributed by atoms with Crippen molar-refractivity contribution < 1.29 is 4.79 Å². The van der Waals surface area contributed by atoms with Gasteiger partial charge in [-0.1, -0.05) is 29.4 Å². The number of nitrogens with zero attached hydrogens (tertiary/aromatic N) is 4. The molecule has 1 saturated heterocycles. The highest BCUT2D eigenvalue weighted by atomic mass is 35.5.